The zero-order valence-corrected chi connectivity index (χ0v) is 14.2. The number of hydrogen-bond donors (Lipinski definition) is 1. The molecule has 1 heterocycles. The smallest absolute Gasteiger partial charge is 0.245 e. The summed E-state index contributed by atoms with van der Waals surface area (Å²) in [6, 6.07) is 2.94. The van der Waals surface area contributed by atoms with Crippen LogP contribution in [0.3, 0.4) is 0 Å². The molecule has 0 amide bonds. The van der Waals surface area contributed by atoms with Crippen LogP contribution in [0.25, 0.3) is 0 Å². The molecule has 0 aliphatic heterocycles. The van der Waals surface area contributed by atoms with Gasteiger partial charge < -0.3 is 5.73 Å². The van der Waals surface area contributed by atoms with Gasteiger partial charge in [-0.2, -0.15) is 16.1 Å². The molecule has 0 aliphatic carbocycles. The maximum absolute atomic E-state index is 12.6. The molecule has 20 heavy (non-hydrogen) atoms. The summed E-state index contributed by atoms with van der Waals surface area (Å²) in [5, 5.41) is 0. The van der Waals surface area contributed by atoms with Crippen molar-refractivity contribution in [3.05, 3.63) is 24.0 Å². The Morgan fingerprint density at radius 1 is 1.60 bits per heavy atom. The van der Waals surface area contributed by atoms with Crippen LogP contribution in [-0.2, 0) is 10.0 Å². The molecule has 112 valence electrons. The maximum Gasteiger partial charge on any atom is 0.245 e. The van der Waals surface area contributed by atoms with Crippen LogP contribution in [0.2, 0.25) is 0 Å². The van der Waals surface area contributed by atoms with Gasteiger partial charge >= 0.3 is 0 Å². The molecule has 0 radical (unpaired) electrons. The van der Waals surface area contributed by atoms with E-state index < -0.39 is 10.0 Å². The van der Waals surface area contributed by atoms with Gasteiger partial charge in [-0.25, -0.2) is 8.42 Å². The van der Waals surface area contributed by atoms with Crippen molar-refractivity contribution in [3.63, 3.8) is 0 Å². The van der Waals surface area contributed by atoms with Gasteiger partial charge in [0.2, 0.25) is 10.0 Å². The molecule has 8 heteroatoms. The van der Waals surface area contributed by atoms with E-state index in [1.165, 1.54) is 16.6 Å². The van der Waals surface area contributed by atoms with Crippen LogP contribution in [0.1, 0.15) is 19.0 Å². The molecule has 2 N–H and O–H groups in total. The largest absolute Gasteiger partial charge is 0.388 e. The number of pyridine rings is 1. The lowest BCUT2D eigenvalue weighted by atomic mass is 10.3. The van der Waals surface area contributed by atoms with E-state index in [0.717, 1.165) is 12.2 Å². The molecule has 1 atom stereocenters. The van der Waals surface area contributed by atoms with Crippen molar-refractivity contribution >= 4 is 39.0 Å². The quantitative estimate of drug-likeness (QED) is 0.762. The van der Waals surface area contributed by atoms with E-state index in [0.29, 0.717) is 0 Å². The van der Waals surface area contributed by atoms with Crippen molar-refractivity contribution in [2.45, 2.75) is 24.3 Å². The third-order valence-electron chi connectivity index (χ3n) is 3.02. The van der Waals surface area contributed by atoms with Crippen LogP contribution in [0, 0.1) is 0 Å². The summed E-state index contributed by atoms with van der Waals surface area (Å²) in [4.78, 5) is 4.01. The van der Waals surface area contributed by atoms with Crippen LogP contribution in [0.4, 0.5) is 0 Å². The van der Waals surface area contributed by atoms with E-state index in [1.807, 2.05) is 13.2 Å². The summed E-state index contributed by atoms with van der Waals surface area (Å²) in [7, 11) is -2.08. The third kappa shape index (κ3) is 3.91. The second-order valence-electron chi connectivity index (χ2n) is 4.37. The summed E-state index contributed by atoms with van der Waals surface area (Å²) in [5.74, 6) is 0.899. The molecule has 1 unspecified atom stereocenters. The van der Waals surface area contributed by atoms with E-state index in [4.69, 9.17) is 18.0 Å². The zero-order valence-electron chi connectivity index (χ0n) is 11.7. The second kappa shape index (κ2) is 7.35. The predicted octanol–water partition coefficient (Wildman–Crippen LogP) is 1.48. The Hall–Kier alpha value is -0.700. The molecular formula is C12H19N3O2S3. The first-order chi connectivity index (χ1) is 9.32. The van der Waals surface area contributed by atoms with Crippen molar-refractivity contribution in [1.82, 2.24) is 9.29 Å². The monoisotopic (exact) mass is 333 g/mol. The Bertz CT molecular complexity index is 575. The van der Waals surface area contributed by atoms with Crippen molar-refractivity contribution in [2.75, 3.05) is 19.1 Å². The molecule has 1 aromatic heterocycles. The van der Waals surface area contributed by atoms with Crippen LogP contribution >= 0.6 is 24.0 Å². The van der Waals surface area contributed by atoms with Gasteiger partial charge in [0.05, 0.1) is 0 Å². The Morgan fingerprint density at radius 3 is 2.80 bits per heavy atom. The van der Waals surface area contributed by atoms with Crippen molar-refractivity contribution < 1.29 is 8.42 Å². The molecule has 5 nitrogen and oxygen atoms in total. The second-order valence-corrected chi connectivity index (χ2v) is 7.76. The molecule has 0 bridgehead atoms. The zero-order chi connectivity index (χ0) is 15.3. The van der Waals surface area contributed by atoms with Gasteiger partial charge in [0, 0.05) is 19.3 Å². The number of nitrogens with zero attached hydrogens (tertiary/aromatic N) is 2. The van der Waals surface area contributed by atoms with Crippen molar-refractivity contribution in [1.29, 1.82) is 0 Å². The maximum atomic E-state index is 12.6. The number of aromatic nitrogens is 1. The fourth-order valence-corrected chi connectivity index (χ4v) is 4.00. The average Bonchev–Trinajstić information content (AvgIpc) is 2.43. The number of hydrogen-bond acceptors (Lipinski definition) is 5. The Balaban J connectivity index is 3.14. The number of sulfonamides is 1. The molecule has 1 aromatic rings. The van der Waals surface area contributed by atoms with E-state index in [2.05, 4.69) is 4.98 Å². The normalized spacial score (nSPS) is 13.4. The van der Waals surface area contributed by atoms with Gasteiger partial charge in [-0.1, -0.05) is 12.2 Å². The first kappa shape index (κ1) is 17.4. The Kier molecular flexibility index (Phi) is 6.38. The molecule has 0 spiro atoms. The molecule has 0 aliphatic rings. The molecule has 0 aromatic carbocycles. The Morgan fingerprint density at radius 2 is 2.25 bits per heavy atom. The SMILES string of the molecule is CSCCC(C)N(C)S(=O)(=O)c1cccnc1C(N)=S. The van der Waals surface area contributed by atoms with Gasteiger partial charge in [0.1, 0.15) is 15.6 Å². The molecule has 1 rings (SSSR count). The first-order valence-corrected chi connectivity index (χ1v) is 9.28. The molecular weight excluding hydrogens is 314 g/mol. The highest BCUT2D eigenvalue weighted by atomic mass is 32.2. The van der Waals surface area contributed by atoms with E-state index in [-0.39, 0.29) is 21.6 Å². The minimum absolute atomic E-state index is 0.0191. The highest BCUT2D eigenvalue weighted by Crippen LogP contribution is 2.20. The Labute approximate surface area is 130 Å². The highest BCUT2D eigenvalue weighted by molar-refractivity contribution is 7.98. The molecule has 0 fully saturated rings. The first-order valence-electron chi connectivity index (χ1n) is 6.04. The van der Waals surface area contributed by atoms with Crippen LogP contribution in [-0.4, -0.2) is 47.8 Å². The number of thiocarbonyl (C=S) groups is 1. The highest BCUT2D eigenvalue weighted by Gasteiger charge is 2.28. The van der Waals surface area contributed by atoms with E-state index >= 15 is 0 Å². The summed E-state index contributed by atoms with van der Waals surface area (Å²) < 4.78 is 26.6. The van der Waals surface area contributed by atoms with Crippen LogP contribution < -0.4 is 5.73 Å². The van der Waals surface area contributed by atoms with Gasteiger partial charge in [-0.05, 0) is 37.5 Å². The standard InChI is InChI=1S/C12H19N3O2S3/c1-9(6-8-19-3)15(2)20(16,17)10-5-4-7-14-11(10)12(13)18/h4-5,7,9H,6,8H2,1-3H3,(H2,13,18). The number of thioether (sulfide) groups is 1. The minimum atomic E-state index is -3.65. The summed E-state index contributed by atoms with van der Waals surface area (Å²) in [5.41, 5.74) is 5.70. The minimum Gasteiger partial charge on any atom is -0.388 e. The topological polar surface area (TPSA) is 76.3 Å². The van der Waals surface area contributed by atoms with Gasteiger partial charge in [-0.15, -0.1) is 0 Å². The van der Waals surface area contributed by atoms with Gasteiger partial charge in [0.15, 0.2) is 0 Å². The van der Waals surface area contributed by atoms with Gasteiger partial charge in [0.25, 0.3) is 0 Å². The average molecular weight is 334 g/mol. The van der Waals surface area contributed by atoms with Crippen LogP contribution in [0.15, 0.2) is 23.2 Å². The number of nitrogens with two attached hydrogens (primary N) is 1. The fraction of sp³-hybridized carbons (Fsp3) is 0.500. The lowest BCUT2D eigenvalue weighted by Gasteiger charge is -2.24. The van der Waals surface area contributed by atoms with E-state index in [1.54, 1.807) is 24.9 Å². The molecule has 0 saturated heterocycles. The molecule has 0 saturated carbocycles. The van der Waals surface area contributed by atoms with Gasteiger partial charge in [-0.3, -0.25) is 4.98 Å². The van der Waals surface area contributed by atoms with Crippen LogP contribution in [0.5, 0.6) is 0 Å². The summed E-state index contributed by atoms with van der Waals surface area (Å²) >= 11 is 6.56. The third-order valence-corrected chi connectivity index (χ3v) is 5.86. The summed E-state index contributed by atoms with van der Waals surface area (Å²) in [6.45, 7) is 1.88. The van der Waals surface area contributed by atoms with Crippen molar-refractivity contribution in [2.24, 2.45) is 5.73 Å². The lowest BCUT2D eigenvalue weighted by molar-refractivity contribution is 0.382. The fourth-order valence-electron chi connectivity index (χ4n) is 1.65. The van der Waals surface area contributed by atoms with Crippen molar-refractivity contribution in [3.8, 4) is 0 Å². The lowest BCUT2D eigenvalue weighted by Crippen LogP contribution is -2.36. The predicted molar refractivity (Wildman–Crippen MR) is 87.5 cm³/mol. The summed E-state index contributed by atoms with van der Waals surface area (Å²) in [6.07, 6.45) is 4.25. The number of rotatable bonds is 7. The van der Waals surface area contributed by atoms with E-state index in [9.17, 15) is 8.42 Å².